The second-order valence-electron chi connectivity index (χ2n) is 3.99. The van der Waals surface area contributed by atoms with E-state index in [2.05, 4.69) is 28.7 Å². The van der Waals surface area contributed by atoms with Gasteiger partial charge in [0.2, 0.25) is 0 Å². The molecule has 1 aromatic heterocycles. The maximum absolute atomic E-state index is 5.57. The molecule has 4 nitrogen and oxygen atoms in total. The van der Waals surface area contributed by atoms with Crippen LogP contribution in [0.15, 0.2) is 12.4 Å². The third-order valence-corrected chi connectivity index (χ3v) is 2.81. The van der Waals surface area contributed by atoms with Crippen LogP contribution in [0.25, 0.3) is 0 Å². The molecule has 0 saturated heterocycles. The molecule has 0 aliphatic carbocycles. The van der Waals surface area contributed by atoms with E-state index in [0.717, 1.165) is 25.2 Å². The molecule has 0 radical (unpaired) electrons. The highest BCUT2D eigenvalue weighted by molar-refractivity contribution is 5.01. The van der Waals surface area contributed by atoms with Crippen molar-refractivity contribution in [1.82, 2.24) is 14.9 Å². The van der Waals surface area contributed by atoms with Crippen molar-refractivity contribution in [3.8, 4) is 0 Å². The van der Waals surface area contributed by atoms with Gasteiger partial charge in [0.05, 0.1) is 12.1 Å². The number of methoxy groups -OCH3 is 1. The summed E-state index contributed by atoms with van der Waals surface area (Å²) in [4.78, 5) is 4.41. The summed E-state index contributed by atoms with van der Waals surface area (Å²) in [7, 11) is 3.79. The number of likely N-dealkylation sites (N-methyl/N-ethyl adjacent to an activating group) is 1. The van der Waals surface area contributed by atoms with Gasteiger partial charge in [-0.25, -0.2) is 4.98 Å². The molecule has 92 valence electrons. The van der Waals surface area contributed by atoms with Gasteiger partial charge < -0.3 is 14.6 Å². The van der Waals surface area contributed by atoms with Crippen molar-refractivity contribution in [3.63, 3.8) is 0 Å². The average molecular weight is 225 g/mol. The van der Waals surface area contributed by atoms with Crippen LogP contribution in [0.2, 0.25) is 0 Å². The van der Waals surface area contributed by atoms with E-state index < -0.39 is 0 Å². The Morgan fingerprint density at radius 3 is 2.69 bits per heavy atom. The zero-order chi connectivity index (χ0) is 12.0. The molecule has 1 rings (SSSR count). The Labute approximate surface area is 98.0 Å². The molecule has 16 heavy (non-hydrogen) atoms. The smallest absolute Gasteiger partial charge is 0.128 e. The first-order chi connectivity index (χ1) is 7.74. The van der Waals surface area contributed by atoms with Crippen LogP contribution in [0.3, 0.4) is 0 Å². The lowest BCUT2D eigenvalue weighted by atomic mass is 10.1. The molecule has 0 aliphatic heterocycles. The fourth-order valence-corrected chi connectivity index (χ4v) is 1.99. The molecule has 2 unspecified atom stereocenters. The highest BCUT2D eigenvalue weighted by Gasteiger charge is 2.24. The molecule has 0 aliphatic rings. The third-order valence-electron chi connectivity index (χ3n) is 2.81. The van der Waals surface area contributed by atoms with Gasteiger partial charge in [0, 0.05) is 26.6 Å². The average Bonchev–Trinajstić information content (AvgIpc) is 2.69. The van der Waals surface area contributed by atoms with Gasteiger partial charge in [-0.1, -0.05) is 20.3 Å². The van der Waals surface area contributed by atoms with E-state index in [-0.39, 0.29) is 12.1 Å². The number of nitrogens with one attached hydrogen (secondary N) is 1. The Hall–Kier alpha value is -0.870. The summed E-state index contributed by atoms with van der Waals surface area (Å²) >= 11 is 0. The molecule has 0 amide bonds. The van der Waals surface area contributed by atoms with Crippen molar-refractivity contribution in [1.29, 1.82) is 0 Å². The number of hydrogen-bond acceptors (Lipinski definition) is 3. The van der Waals surface area contributed by atoms with Crippen molar-refractivity contribution in [2.24, 2.45) is 7.05 Å². The van der Waals surface area contributed by atoms with Crippen molar-refractivity contribution in [3.05, 3.63) is 18.2 Å². The van der Waals surface area contributed by atoms with Crippen molar-refractivity contribution >= 4 is 0 Å². The number of rotatable bonds is 7. The lowest BCUT2D eigenvalue weighted by Crippen LogP contribution is -2.35. The van der Waals surface area contributed by atoms with Gasteiger partial charge >= 0.3 is 0 Å². The van der Waals surface area contributed by atoms with Gasteiger partial charge in [0.1, 0.15) is 5.82 Å². The minimum absolute atomic E-state index is 0.176. The SMILES string of the molecule is CCCC(OC)C(NCC)c1nccn1C. The molecule has 0 saturated carbocycles. The predicted molar refractivity (Wildman–Crippen MR) is 65.3 cm³/mol. The van der Waals surface area contributed by atoms with Gasteiger partial charge in [-0.15, -0.1) is 0 Å². The van der Waals surface area contributed by atoms with Gasteiger partial charge in [0.15, 0.2) is 0 Å². The van der Waals surface area contributed by atoms with E-state index in [9.17, 15) is 0 Å². The molecule has 0 bridgehead atoms. The van der Waals surface area contributed by atoms with Crippen LogP contribution in [-0.4, -0.2) is 29.3 Å². The maximum Gasteiger partial charge on any atom is 0.128 e. The summed E-state index contributed by atoms with van der Waals surface area (Å²) in [5, 5.41) is 3.45. The second kappa shape index (κ2) is 6.66. The number of nitrogens with zero attached hydrogens (tertiary/aromatic N) is 2. The molecule has 1 N–H and O–H groups in total. The van der Waals surface area contributed by atoms with E-state index in [1.807, 2.05) is 19.4 Å². The van der Waals surface area contributed by atoms with Crippen LogP contribution in [0, 0.1) is 0 Å². The van der Waals surface area contributed by atoms with Crippen LogP contribution >= 0.6 is 0 Å². The number of hydrogen-bond donors (Lipinski definition) is 1. The van der Waals surface area contributed by atoms with Crippen molar-refractivity contribution in [2.75, 3.05) is 13.7 Å². The number of imidazole rings is 1. The molecule has 2 atom stereocenters. The Morgan fingerprint density at radius 2 is 2.25 bits per heavy atom. The first-order valence-corrected chi connectivity index (χ1v) is 5.97. The summed E-state index contributed by atoms with van der Waals surface area (Å²) in [6, 6.07) is 0.176. The van der Waals surface area contributed by atoms with Crippen molar-refractivity contribution < 1.29 is 4.74 Å². The van der Waals surface area contributed by atoms with Gasteiger partial charge in [-0.2, -0.15) is 0 Å². The normalized spacial score (nSPS) is 15.0. The molecular weight excluding hydrogens is 202 g/mol. The Balaban J connectivity index is 2.84. The zero-order valence-corrected chi connectivity index (χ0v) is 10.7. The van der Waals surface area contributed by atoms with Gasteiger partial charge in [-0.05, 0) is 13.0 Å². The third kappa shape index (κ3) is 3.06. The summed E-state index contributed by atoms with van der Waals surface area (Å²) in [5.74, 6) is 1.04. The van der Waals surface area contributed by atoms with Gasteiger partial charge in [0.25, 0.3) is 0 Å². The molecule has 0 aromatic carbocycles. The molecular formula is C12H23N3O. The Bertz CT molecular complexity index is 298. The largest absolute Gasteiger partial charge is 0.379 e. The molecule has 1 heterocycles. The van der Waals surface area contributed by atoms with Gasteiger partial charge in [-0.3, -0.25) is 0 Å². The molecule has 1 aromatic rings. The number of aromatic nitrogens is 2. The standard InChI is InChI=1S/C12H23N3O/c1-5-7-10(16-4)11(13-6-2)12-14-8-9-15(12)3/h8-11,13H,5-7H2,1-4H3. The minimum Gasteiger partial charge on any atom is -0.379 e. The molecule has 0 spiro atoms. The number of aryl methyl sites for hydroxylation is 1. The summed E-state index contributed by atoms with van der Waals surface area (Å²) in [6.07, 6.45) is 6.15. The Kier molecular flexibility index (Phi) is 5.49. The maximum atomic E-state index is 5.57. The lowest BCUT2D eigenvalue weighted by molar-refractivity contribution is 0.0576. The molecule has 0 fully saturated rings. The Morgan fingerprint density at radius 1 is 1.50 bits per heavy atom. The highest BCUT2D eigenvalue weighted by Crippen LogP contribution is 2.20. The first-order valence-electron chi connectivity index (χ1n) is 5.97. The van der Waals surface area contributed by atoms with E-state index in [4.69, 9.17) is 4.74 Å². The summed E-state index contributed by atoms with van der Waals surface area (Å²) < 4.78 is 7.62. The fraction of sp³-hybridized carbons (Fsp3) is 0.750. The van der Waals surface area contributed by atoms with Crippen LogP contribution in [0.5, 0.6) is 0 Å². The van der Waals surface area contributed by atoms with Crippen molar-refractivity contribution in [2.45, 2.75) is 38.8 Å². The van der Waals surface area contributed by atoms with E-state index >= 15 is 0 Å². The fourth-order valence-electron chi connectivity index (χ4n) is 1.99. The predicted octanol–water partition coefficient (Wildman–Crippen LogP) is 1.89. The molecule has 4 heteroatoms. The summed E-state index contributed by atoms with van der Waals surface area (Å²) in [5.41, 5.74) is 0. The summed E-state index contributed by atoms with van der Waals surface area (Å²) in [6.45, 7) is 5.20. The lowest BCUT2D eigenvalue weighted by Gasteiger charge is -2.26. The topological polar surface area (TPSA) is 39.1 Å². The monoisotopic (exact) mass is 225 g/mol. The van der Waals surface area contributed by atoms with E-state index in [1.54, 1.807) is 7.11 Å². The first kappa shape index (κ1) is 13.2. The zero-order valence-electron chi connectivity index (χ0n) is 10.7. The van der Waals surface area contributed by atoms with Crippen LogP contribution in [-0.2, 0) is 11.8 Å². The van der Waals surface area contributed by atoms with E-state index in [1.165, 1.54) is 0 Å². The quantitative estimate of drug-likeness (QED) is 0.770. The number of ether oxygens (including phenoxy) is 1. The van der Waals surface area contributed by atoms with Crippen LogP contribution in [0.4, 0.5) is 0 Å². The minimum atomic E-state index is 0.176. The van der Waals surface area contributed by atoms with E-state index in [0.29, 0.717) is 0 Å². The highest BCUT2D eigenvalue weighted by atomic mass is 16.5. The second-order valence-corrected chi connectivity index (χ2v) is 3.99. The van der Waals surface area contributed by atoms with Crippen LogP contribution in [0.1, 0.15) is 38.6 Å². The van der Waals surface area contributed by atoms with Crippen LogP contribution < -0.4 is 5.32 Å².